The molecule has 124 valence electrons. The predicted molar refractivity (Wildman–Crippen MR) is 95.8 cm³/mol. The quantitative estimate of drug-likeness (QED) is 0.875. The summed E-state index contributed by atoms with van der Waals surface area (Å²) in [5, 5.41) is 5.29. The van der Waals surface area contributed by atoms with Crippen molar-refractivity contribution < 1.29 is 9.53 Å². The topological polar surface area (TPSA) is 66.0 Å². The van der Waals surface area contributed by atoms with Crippen molar-refractivity contribution in [3.8, 4) is 5.75 Å². The van der Waals surface area contributed by atoms with Gasteiger partial charge < -0.3 is 10.1 Å². The Hall–Kier alpha value is -2.73. The van der Waals surface area contributed by atoms with E-state index in [2.05, 4.69) is 15.7 Å². The number of carbonyl (C=O) groups is 1. The van der Waals surface area contributed by atoms with E-state index < -0.39 is 0 Å². The first-order chi connectivity index (χ1) is 11.7. The van der Waals surface area contributed by atoms with Crippen LogP contribution in [0.3, 0.4) is 0 Å². The van der Waals surface area contributed by atoms with Gasteiger partial charge in [0.2, 0.25) is 5.91 Å². The smallest absolute Gasteiger partial charge is 0.228 e. The second-order valence-electron chi connectivity index (χ2n) is 5.21. The van der Waals surface area contributed by atoms with Crippen LogP contribution in [0, 0.1) is 0 Å². The van der Waals surface area contributed by atoms with Crippen LogP contribution in [0.4, 0.5) is 11.4 Å². The van der Waals surface area contributed by atoms with Gasteiger partial charge in [0.05, 0.1) is 13.5 Å². The molecule has 0 saturated heterocycles. The van der Waals surface area contributed by atoms with Crippen LogP contribution in [-0.4, -0.2) is 26.0 Å². The first-order valence-electron chi connectivity index (χ1n) is 7.40. The number of nitrogens with one attached hydrogen (secondary N) is 2. The van der Waals surface area contributed by atoms with Crippen LogP contribution in [0.5, 0.6) is 5.75 Å². The Balaban J connectivity index is 1.70. The van der Waals surface area contributed by atoms with Gasteiger partial charge in [-0.25, -0.2) is 0 Å². The van der Waals surface area contributed by atoms with Crippen molar-refractivity contribution in [1.82, 2.24) is 5.43 Å². The maximum atomic E-state index is 12.2. The van der Waals surface area contributed by atoms with Gasteiger partial charge in [0, 0.05) is 16.8 Å². The Morgan fingerprint density at radius 2 is 2.21 bits per heavy atom. The summed E-state index contributed by atoms with van der Waals surface area (Å²) in [5.74, 6) is 0.504. The number of hydrogen-bond acceptors (Lipinski definition) is 5. The Labute approximate surface area is 145 Å². The number of aliphatic imine (C=N–C) groups is 1. The van der Waals surface area contributed by atoms with Crippen LogP contribution >= 0.6 is 11.6 Å². The maximum Gasteiger partial charge on any atom is 0.228 e. The summed E-state index contributed by atoms with van der Waals surface area (Å²) in [6.07, 6.45) is 1.84. The zero-order valence-electron chi connectivity index (χ0n) is 13.1. The summed E-state index contributed by atoms with van der Waals surface area (Å²) in [7, 11) is 1.59. The summed E-state index contributed by atoms with van der Waals surface area (Å²) in [6.45, 7) is 0.509. The van der Waals surface area contributed by atoms with Crippen molar-refractivity contribution in [2.45, 2.75) is 6.42 Å². The highest BCUT2D eigenvalue weighted by Crippen LogP contribution is 2.31. The third-order valence-electron chi connectivity index (χ3n) is 3.59. The number of methoxy groups -OCH3 is 1. The van der Waals surface area contributed by atoms with Crippen LogP contribution in [0.15, 0.2) is 47.5 Å². The zero-order valence-corrected chi connectivity index (χ0v) is 13.9. The molecule has 0 aromatic heterocycles. The first kappa shape index (κ1) is 16.1. The van der Waals surface area contributed by atoms with Crippen molar-refractivity contribution in [2.75, 3.05) is 24.1 Å². The number of halogens is 1. The molecule has 1 heterocycles. The molecule has 1 aliphatic rings. The van der Waals surface area contributed by atoms with Crippen LogP contribution in [0.1, 0.15) is 5.56 Å². The number of rotatable bonds is 5. The second-order valence-corrected chi connectivity index (χ2v) is 5.62. The van der Waals surface area contributed by atoms with E-state index >= 15 is 0 Å². The fraction of sp³-hybridized carbons (Fsp3) is 0.176. The van der Waals surface area contributed by atoms with E-state index in [0.29, 0.717) is 23.1 Å². The van der Waals surface area contributed by atoms with Crippen LogP contribution in [-0.2, 0) is 11.2 Å². The molecule has 7 heteroatoms. The molecule has 0 bridgehead atoms. The Morgan fingerprint density at radius 1 is 1.38 bits per heavy atom. The third kappa shape index (κ3) is 3.60. The predicted octanol–water partition coefficient (Wildman–Crippen LogP) is 2.84. The minimum absolute atomic E-state index is 0.138. The summed E-state index contributed by atoms with van der Waals surface area (Å²) in [4.78, 5) is 16.3. The molecule has 0 saturated carbocycles. The van der Waals surface area contributed by atoms with Crippen LogP contribution in [0.25, 0.3) is 0 Å². The highest BCUT2D eigenvalue weighted by molar-refractivity contribution is 6.31. The van der Waals surface area contributed by atoms with Gasteiger partial charge in [-0.05, 0) is 23.8 Å². The summed E-state index contributed by atoms with van der Waals surface area (Å²) < 4.78 is 5.41. The molecule has 0 atom stereocenters. The molecule has 1 aliphatic heterocycles. The Morgan fingerprint density at radius 3 is 2.92 bits per heavy atom. The fourth-order valence-electron chi connectivity index (χ4n) is 2.42. The average molecular weight is 345 g/mol. The lowest BCUT2D eigenvalue weighted by Crippen LogP contribution is -2.31. The van der Waals surface area contributed by atoms with Gasteiger partial charge in [0.25, 0.3) is 0 Å². The molecular formula is C17H17ClN4O2. The maximum absolute atomic E-state index is 12.2. The molecule has 0 spiro atoms. The van der Waals surface area contributed by atoms with Gasteiger partial charge in [-0.1, -0.05) is 29.8 Å². The van der Waals surface area contributed by atoms with Gasteiger partial charge in [-0.2, -0.15) is 0 Å². The second kappa shape index (κ2) is 7.23. The van der Waals surface area contributed by atoms with Gasteiger partial charge in [0.1, 0.15) is 24.4 Å². The molecule has 2 aromatic carbocycles. The molecule has 0 radical (unpaired) electrons. The summed E-state index contributed by atoms with van der Waals surface area (Å²) in [5.41, 5.74) is 5.30. The first-order valence-corrected chi connectivity index (χ1v) is 7.78. The van der Waals surface area contributed by atoms with Crippen molar-refractivity contribution in [1.29, 1.82) is 0 Å². The van der Waals surface area contributed by atoms with Gasteiger partial charge in [-0.15, -0.1) is 0 Å². The number of hydrogen-bond donors (Lipinski definition) is 2. The van der Waals surface area contributed by atoms with E-state index in [9.17, 15) is 4.79 Å². The van der Waals surface area contributed by atoms with Crippen molar-refractivity contribution in [3.05, 3.63) is 53.1 Å². The van der Waals surface area contributed by atoms with E-state index in [-0.39, 0.29) is 12.3 Å². The lowest BCUT2D eigenvalue weighted by Gasteiger charge is -2.20. The average Bonchev–Trinajstić information content (AvgIpc) is 3.11. The Kier molecular flexibility index (Phi) is 4.86. The molecule has 2 aromatic rings. The van der Waals surface area contributed by atoms with E-state index in [1.54, 1.807) is 25.6 Å². The van der Waals surface area contributed by atoms with E-state index in [1.807, 2.05) is 35.3 Å². The molecule has 3 rings (SSSR count). The van der Waals surface area contributed by atoms with Crippen molar-refractivity contribution in [3.63, 3.8) is 0 Å². The minimum atomic E-state index is -0.138. The van der Waals surface area contributed by atoms with Crippen LogP contribution < -0.4 is 20.5 Å². The molecular weight excluding hydrogens is 328 g/mol. The fourth-order valence-corrected chi connectivity index (χ4v) is 2.62. The van der Waals surface area contributed by atoms with Crippen molar-refractivity contribution in [2.24, 2.45) is 4.99 Å². The molecule has 6 nitrogen and oxygen atoms in total. The number of ether oxygens (including phenoxy) is 1. The van der Waals surface area contributed by atoms with E-state index in [4.69, 9.17) is 16.3 Å². The number of amides is 1. The summed E-state index contributed by atoms with van der Waals surface area (Å²) >= 11 is 6.09. The minimum Gasteiger partial charge on any atom is -0.494 e. The standard InChI is InChI=1S/C17H17ClN4O2/c1-24-16-9-13(6-7-15(16)22-11-19-10-20-22)21-17(23)8-12-4-2-3-5-14(12)18/h2-7,9-10H,8,11H2,1H3,(H,19,20)(H,21,23). The van der Waals surface area contributed by atoms with Gasteiger partial charge in [0.15, 0.2) is 0 Å². The Bertz CT molecular complexity index is 771. The molecule has 1 amide bonds. The number of carbonyl (C=O) groups excluding carboxylic acids is 1. The van der Waals surface area contributed by atoms with Crippen molar-refractivity contribution >= 4 is 35.2 Å². The lowest BCUT2D eigenvalue weighted by molar-refractivity contribution is -0.115. The zero-order chi connectivity index (χ0) is 16.9. The number of nitrogens with zero attached hydrogens (tertiary/aromatic N) is 2. The van der Waals surface area contributed by atoms with E-state index in [0.717, 1.165) is 11.3 Å². The normalized spacial score (nSPS) is 12.8. The molecule has 0 aliphatic carbocycles. The number of benzene rings is 2. The third-order valence-corrected chi connectivity index (χ3v) is 3.96. The molecule has 0 fully saturated rings. The molecule has 24 heavy (non-hydrogen) atoms. The van der Waals surface area contributed by atoms with Gasteiger partial charge >= 0.3 is 0 Å². The monoisotopic (exact) mass is 344 g/mol. The summed E-state index contributed by atoms with van der Waals surface area (Å²) in [6, 6.07) is 12.8. The van der Waals surface area contributed by atoms with Gasteiger partial charge in [-0.3, -0.25) is 20.2 Å². The highest BCUT2D eigenvalue weighted by Gasteiger charge is 2.15. The largest absolute Gasteiger partial charge is 0.494 e. The molecule has 2 N–H and O–H groups in total. The number of hydrazine groups is 1. The number of anilines is 2. The highest BCUT2D eigenvalue weighted by atomic mass is 35.5. The SMILES string of the molecule is COc1cc(NC(=O)Cc2ccccc2Cl)ccc1N1CN=CN1. The molecule has 0 unspecified atom stereocenters. The van der Waals surface area contributed by atoms with E-state index in [1.165, 1.54) is 0 Å². The lowest BCUT2D eigenvalue weighted by atomic mass is 10.1. The van der Waals surface area contributed by atoms with Crippen LogP contribution in [0.2, 0.25) is 5.02 Å².